The number of carbonyl (C=O) groups is 1. The van der Waals surface area contributed by atoms with E-state index in [-0.39, 0.29) is 26.2 Å². The van der Waals surface area contributed by atoms with E-state index < -0.39 is 38.9 Å². The summed E-state index contributed by atoms with van der Waals surface area (Å²) in [5.41, 5.74) is -1.51. The highest BCUT2D eigenvalue weighted by Gasteiger charge is 2.61. The van der Waals surface area contributed by atoms with Crippen molar-refractivity contribution in [3.63, 3.8) is 0 Å². The number of alkyl halides is 6. The Hall–Kier alpha value is -0.350. The van der Waals surface area contributed by atoms with Gasteiger partial charge in [0.05, 0.1) is 22.2 Å². The molecule has 0 unspecified atom stereocenters. The second kappa shape index (κ2) is 10.1. The van der Waals surface area contributed by atoms with Crippen LogP contribution in [0.25, 0.3) is 0 Å². The molecular formula is C18H16Cl6F3N3OS. The molecule has 1 aliphatic rings. The van der Waals surface area contributed by atoms with E-state index in [1.807, 2.05) is 13.8 Å². The number of anilines is 1. The van der Waals surface area contributed by atoms with Crippen LogP contribution in [0.5, 0.6) is 0 Å². The Morgan fingerprint density at radius 2 is 1.78 bits per heavy atom. The summed E-state index contributed by atoms with van der Waals surface area (Å²) in [5.74, 6) is -1.21. The summed E-state index contributed by atoms with van der Waals surface area (Å²) in [6, 6.07) is 2.66. The fourth-order valence-electron chi connectivity index (χ4n) is 3.14. The first kappa shape index (κ1) is 27.9. The lowest BCUT2D eigenvalue weighted by atomic mass is 10.1. The van der Waals surface area contributed by atoms with E-state index in [1.54, 1.807) is 6.08 Å². The molecule has 178 valence electrons. The van der Waals surface area contributed by atoms with E-state index in [0.717, 1.165) is 18.2 Å². The quantitative estimate of drug-likeness (QED) is 0.195. The molecule has 1 aliphatic carbocycles. The molecule has 0 aromatic heterocycles. The van der Waals surface area contributed by atoms with E-state index in [0.29, 0.717) is 0 Å². The summed E-state index contributed by atoms with van der Waals surface area (Å²) in [4.78, 5) is 12.8. The Morgan fingerprint density at radius 1 is 1.19 bits per heavy atom. The zero-order chi connectivity index (χ0) is 24.6. The highest BCUT2D eigenvalue weighted by molar-refractivity contribution is 7.80. The lowest BCUT2D eigenvalue weighted by Crippen LogP contribution is -2.56. The second-order valence-electron chi connectivity index (χ2n) is 7.56. The van der Waals surface area contributed by atoms with Gasteiger partial charge in [-0.25, -0.2) is 0 Å². The monoisotopic (exact) mass is 589 g/mol. The number of thiocarbonyl (C=S) groups is 1. The Bertz CT molecular complexity index is 932. The van der Waals surface area contributed by atoms with Crippen molar-refractivity contribution < 1.29 is 18.0 Å². The van der Waals surface area contributed by atoms with Gasteiger partial charge >= 0.3 is 6.18 Å². The summed E-state index contributed by atoms with van der Waals surface area (Å²) in [7, 11) is 0. The van der Waals surface area contributed by atoms with Gasteiger partial charge in [-0.15, -0.1) is 0 Å². The van der Waals surface area contributed by atoms with E-state index >= 15 is 0 Å². The van der Waals surface area contributed by atoms with Crippen LogP contribution in [0.4, 0.5) is 18.9 Å². The smallest absolute Gasteiger partial charge is 0.339 e. The average Bonchev–Trinajstić information content (AvgIpc) is 3.13. The standard InChI is InChI=1S/C18H16Cl6F3N3OS/c1-16(2)8(6-11(20)21)12(16)13(31)29-14(17(22,23)24)30-15(32)28-10-5-7(18(25,26)27)3-4-9(10)19/h3-6,8,12,14H,1-2H3,(H,29,31)(H2,28,30,32)/t8-,12-,14+/m1/s1. The van der Waals surface area contributed by atoms with Crippen LogP contribution in [0, 0.1) is 17.3 Å². The lowest BCUT2D eigenvalue weighted by molar-refractivity contribution is -0.137. The normalized spacial score (nSPS) is 20.7. The Labute approximate surface area is 218 Å². The fraction of sp³-hybridized carbons (Fsp3) is 0.444. The van der Waals surface area contributed by atoms with Gasteiger partial charge in [-0.3, -0.25) is 4.79 Å². The van der Waals surface area contributed by atoms with E-state index in [2.05, 4.69) is 16.0 Å². The molecule has 2 rings (SSSR count). The van der Waals surface area contributed by atoms with Crippen LogP contribution in [0.15, 0.2) is 28.8 Å². The van der Waals surface area contributed by atoms with Gasteiger partial charge < -0.3 is 16.0 Å². The predicted octanol–water partition coefficient (Wildman–Crippen LogP) is 7.05. The van der Waals surface area contributed by atoms with Crippen molar-refractivity contribution in [3.05, 3.63) is 39.4 Å². The summed E-state index contributed by atoms with van der Waals surface area (Å²) >= 11 is 40.3. The van der Waals surface area contributed by atoms with Gasteiger partial charge in [-0.2, -0.15) is 13.2 Å². The average molecular weight is 592 g/mol. The van der Waals surface area contributed by atoms with Gasteiger partial charge in [0.25, 0.3) is 0 Å². The number of halogens is 9. The van der Waals surface area contributed by atoms with Crippen molar-refractivity contribution in [2.24, 2.45) is 17.3 Å². The van der Waals surface area contributed by atoms with Crippen molar-refractivity contribution >= 4 is 98.5 Å². The molecule has 0 saturated heterocycles. The Balaban J connectivity index is 2.13. The first-order valence-corrected chi connectivity index (χ1v) is 11.5. The number of nitrogens with one attached hydrogen (secondary N) is 3. The molecule has 0 radical (unpaired) electrons. The van der Waals surface area contributed by atoms with Crippen LogP contribution in [-0.4, -0.2) is 21.0 Å². The molecule has 0 aliphatic heterocycles. The first-order valence-electron chi connectivity index (χ1n) is 8.78. The summed E-state index contributed by atoms with van der Waals surface area (Å²) in [5, 5.41) is 7.36. The van der Waals surface area contributed by atoms with Crippen LogP contribution >= 0.6 is 81.8 Å². The zero-order valence-electron chi connectivity index (χ0n) is 16.3. The summed E-state index contributed by atoms with van der Waals surface area (Å²) < 4.78 is 36.8. The fourth-order valence-corrected chi connectivity index (χ4v) is 4.14. The minimum absolute atomic E-state index is 0.0241. The maximum Gasteiger partial charge on any atom is 0.416 e. The van der Waals surface area contributed by atoms with Gasteiger partial charge in [-0.05, 0) is 47.8 Å². The van der Waals surface area contributed by atoms with E-state index in [9.17, 15) is 18.0 Å². The van der Waals surface area contributed by atoms with Crippen molar-refractivity contribution in [3.8, 4) is 0 Å². The summed E-state index contributed by atoms with van der Waals surface area (Å²) in [6.45, 7) is 3.68. The van der Waals surface area contributed by atoms with E-state index in [4.69, 9.17) is 81.8 Å². The predicted molar refractivity (Wildman–Crippen MR) is 129 cm³/mol. The Kier molecular flexibility index (Phi) is 8.80. The van der Waals surface area contributed by atoms with Crippen molar-refractivity contribution in [2.45, 2.75) is 30.0 Å². The van der Waals surface area contributed by atoms with Crippen LogP contribution in [0.3, 0.4) is 0 Å². The molecule has 0 bridgehead atoms. The van der Waals surface area contributed by atoms with Gasteiger partial charge in [0.1, 0.15) is 10.7 Å². The molecule has 3 atom stereocenters. The largest absolute Gasteiger partial charge is 0.416 e. The second-order valence-corrected chi connectivity index (χ2v) is 11.7. The number of benzene rings is 1. The van der Waals surface area contributed by atoms with Gasteiger partial charge in [0, 0.05) is 0 Å². The molecule has 1 saturated carbocycles. The van der Waals surface area contributed by atoms with Crippen molar-refractivity contribution in [2.75, 3.05) is 5.32 Å². The van der Waals surface area contributed by atoms with Crippen LogP contribution in [-0.2, 0) is 11.0 Å². The third kappa shape index (κ3) is 7.08. The zero-order valence-corrected chi connectivity index (χ0v) is 21.6. The SMILES string of the molecule is CC1(C)[C@H](C=C(Cl)Cl)[C@@H]1C(=O)N[C@@H](NC(=S)Nc1cc(C(F)(F)F)ccc1Cl)C(Cl)(Cl)Cl. The maximum atomic E-state index is 13.0. The van der Waals surface area contributed by atoms with Gasteiger partial charge in [0.2, 0.25) is 9.70 Å². The number of allylic oxidation sites excluding steroid dienone is 1. The van der Waals surface area contributed by atoms with Crippen molar-refractivity contribution in [1.29, 1.82) is 0 Å². The molecule has 3 N–H and O–H groups in total. The molecule has 32 heavy (non-hydrogen) atoms. The van der Waals surface area contributed by atoms with Crippen molar-refractivity contribution in [1.82, 2.24) is 10.6 Å². The number of hydrogen-bond acceptors (Lipinski definition) is 2. The highest BCUT2D eigenvalue weighted by Crippen LogP contribution is 2.59. The molecular weight excluding hydrogens is 576 g/mol. The molecule has 1 fully saturated rings. The van der Waals surface area contributed by atoms with Crippen LogP contribution in [0.1, 0.15) is 19.4 Å². The molecule has 0 heterocycles. The van der Waals surface area contributed by atoms with Crippen LogP contribution in [0.2, 0.25) is 5.02 Å². The first-order chi connectivity index (χ1) is 14.4. The molecule has 1 aromatic rings. The summed E-state index contributed by atoms with van der Waals surface area (Å²) in [6.07, 6.45) is -4.36. The number of amides is 1. The Morgan fingerprint density at radius 3 is 2.28 bits per heavy atom. The molecule has 1 aromatic carbocycles. The topological polar surface area (TPSA) is 53.2 Å². The van der Waals surface area contributed by atoms with Gasteiger partial charge in [-0.1, -0.05) is 83.5 Å². The molecule has 1 amide bonds. The number of hydrogen-bond donors (Lipinski definition) is 3. The van der Waals surface area contributed by atoms with E-state index in [1.165, 1.54) is 0 Å². The number of rotatable bonds is 5. The van der Waals surface area contributed by atoms with Gasteiger partial charge in [0.15, 0.2) is 5.11 Å². The van der Waals surface area contributed by atoms with Crippen LogP contribution < -0.4 is 16.0 Å². The molecule has 14 heteroatoms. The lowest BCUT2D eigenvalue weighted by Gasteiger charge is -2.28. The minimum atomic E-state index is -4.59. The maximum absolute atomic E-state index is 13.0. The number of carbonyl (C=O) groups excluding carboxylic acids is 1. The highest BCUT2D eigenvalue weighted by atomic mass is 35.6. The third-order valence-corrected chi connectivity index (χ3v) is 6.39. The molecule has 0 spiro atoms. The molecule has 4 nitrogen and oxygen atoms in total. The minimum Gasteiger partial charge on any atom is -0.339 e. The third-order valence-electron chi connectivity index (χ3n) is 4.93.